The Labute approximate surface area is 210 Å². The van der Waals surface area contributed by atoms with E-state index in [1.165, 1.54) is 11.0 Å². The maximum Gasteiger partial charge on any atom is 0.243 e. The lowest BCUT2D eigenvalue weighted by Crippen LogP contribution is -2.60. The predicted octanol–water partition coefficient (Wildman–Crippen LogP) is 1.70. The number of amides is 3. The van der Waals surface area contributed by atoms with E-state index >= 15 is 0 Å². The number of piperazine rings is 2. The molecule has 9 nitrogen and oxygen atoms in total. The highest BCUT2D eigenvalue weighted by molar-refractivity contribution is 5.97. The molecule has 0 aromatic heterocycles. The van der Waals surface area contributed by atoms with E-state index in [2.05, 4.69) is 10.6 Å². The predicted molar refractivity (Wildman–Crippen MR) is 134 cm³/mol. The minimum Gasteiger partial charge on any atom is -0.494 e. The molecule has 4 rings (SSSR count). The monoisotopic (exact) mass is 497 g/mol. The van der Waals surface area contributed by atoms with Gasteiger partial charge in [-0.1, -0.05) is 12.1 Å². The Hall–Kier alpha value is -3.66. The molecule has 0 spiro atoms. The number of para-hydroxylation sites is 1. The molecule has 1 unspecified atom stereocenters. The summed E-state index contributed by atoms with van der Waals surface area (Å²) in [5.74, 6) is -0.428. The molecule has 1 atom stereocenters. The van der Waals surface area contributed by atoms with Gasteiger partial charge in [0.15, 0.2) is 0 Å². The number of anilines is 2. The normalized spacial score (nSPS) is 18.5. The number of carbonyl (C=O) groups excluding carboxylic acids is 3. The molecule has 2 aliphatic heterocycles. The zero-order valence-corrected chi connectivity index (χ0v) is 20.4. The Bertz CT molecular complexity index is 1070. The second kappa shape index (κ2) is 11.9. The first-order valence-corrected chi connectivity index (χ1v) is 12.3. The minimum absolute atomic E-state index is 0.133. The van der Waals surface area contributed by atoms with Gasteiger partial charge in [-0.2, -0.15) is 0 Å². The molecule has 3 amide bonds. The Kier molecular flexibility index (Phi) is 8.37. The van der Waals surface area contributed by atoms with E-state index in [-0.39, 0.29) is 36.5 Å². The summed E-state index contributed by atoms with van der Waals surface area (Å²) in [7, 11) is 0. The molecule has 2 aromatic carbocycles. The van der Waals surface area contributed by atoms with Crippen LogP contribution in [0.3, 0.4) is 0 Å². The van der Waals surface area contributed by atoms with Crippen molar-refractivity contribution in [2.24, 2.45) is 0 Å². The van der Waals surface area contributed by atoms with Crippen molar-refractivity contribution in [3.05, 3.63) is 54.3 Å². The van der Waals surface area contributed by atoms with Crippen LogP contribution in [0.25, 0.3) is 0 Å². The third kappa shape index (κ3) is 6.31. The van der Waals surface area contributed by atoms with Crippen molar-refractivity contribution in [3.8, 4) is 5.75 Å². The van der Waals surface area contributed by atoms with Crippen molar-refractivity contribution in [2.75, 3.05) is 62.6 Å². The molecule has 2 N–H and O–H groups in total. The van der Waals surface area contributed by atoms with Crippen LogP contribution in [0.1, 0.15) is 13.3 Å². The first-order valence-electron chi connectivity index (χ1n) is 12.3. The van der Waals surface area contributed by atoms with Crippen LogP contribution < -0.4 is 20.3 Å². The highest BCUT2D eigenvalue weighted by atomic mass is 19.1. The van der Waals surface area contributed by atoms with E-state index in [9.17, 15) is 18.8 Å². The zero-order valence-electron chi connectivity index (χ0n) is 20.4. The molecule has 0 saturated carbocycles. The molecular weight excluding hydrogens is 465 g/mol. The molecule has 2 saturated heterocycles. The fraction of sp³-hybridized carbons (Fsp3) is 0.423. The molecule has 2 fully saturated rings. The van der Waals surface area contributed by atoms with E-state index in [1.807, 2.05) is 22.8 Å². The third-order valence-electron chi connectivity index (χ3n) is 6.40. The van der Waals surface area contributed by atoms with Crippen molar-refractivity contribution >= 4 is 29.1 Å². The number of nitrogens with zero attached hydrogens (tertiary/aromatic N) is 3. The van der Waals surface area contributed by atoms with Crippen LogP contribution in [0.15, 0.2) is 48.5 Å². The first-order chi connectivity index (χ1) is 17.4. The standard InChI is InChI=1S/C26H32FN5O4/c1-2-36-20-9-7-19(8-10-20)29-24(33)17-23-26(35)28-11-12-32(23)25(34)18-30-13-15-31(16-14-30)22-6-4-3-5-21(22)27/h3-10,23H,2,11-18H2,1H3,(H,28,35)(H,29,33). The maximum absolute atomic E-state index is 14.1. The lowest BCUT2D eigenvalue weighted by Gasteiger charge is -2.39. The quantitative estimate of drug-likeness (QED) is 0.577. The molecule has 0 aliphatic carbocycles. The number of rotatable bonds is 8. The van der Waals surface area contributed by atoms with E-state index in [0.717, 1.165) is 0 Å². The SMILES string of the molecule is CCOc1ccc(NC(=O)CC2C(=O)NCCN2C(=O)CN2CCN(c3ccccc3F)CC2)cc1. The average molecular weight is 498 g/mol. The maximum atomic E-state index is 14.1. The van der Waals surface area contributed by atoms with Gasteiger partial charge in [0.2, 0.25) is 17.7 Å². The Balaban J connectivity index is 1.31. The van der Waals surface area contributed by atoms with Gasteiger partial charge < -0.3 is 25.2 Å². The lowest BCUT2D eigenvalue weighted by molar-refractivity contribution is -0.145. The molecule has 192 valence electrons. The Morgan fingerprint density at radius 1 is 1.06 bits per heavy atom. The van der Waals surface area contributed by atoms with Gasteiger partial charge in [0.1, 0.15) is 17.6 Å². The largest absolute Gasteiger partial charge is 0.494 e. The summed E-state index contributed by atoms with van der Waals surface area (Å²) in [6.07, 6.45) is -0.133. The summed E-state index contributed by atoms with van der Waals surface area (Å²) in [6.45, 7) is 5.69. The summed E-state index contributed by atoms with van der Waals surface area (Å²) in [5, 5.41) is 5.54. The Morgan fingerprint density at radius 2 is 1.78 bits per heavy atom. The summed E-state index contributed by atoms with van der Waals surface area (Å²) in [5.41, 5.74) is 1.15. The molecule has 0 bridgehead atoms. The fourth-order valence-corrected chi connectivity index (χ4v) is 4.54. The van der Waals surface area contributed by atoms with E-state index < -0.39 is 6.04 Å². The van der Waals surface area contributed by atoms with Crippen LogP contribution in [0.5, 0.6) is 5.75 Å². The third-order valence-corrected chi connectivity index (χ3v) is 6.40. The van der Waals surface area contributed by atoms with Crippen molar-refractivity contribution < 1.29 is 23.5 Å². The zero-order chi connectivity index (χ0) is 25.5. The van der Waals surface area contributed by atoms with E-state index in [1.54, 1.807) is 36.4 Å². The highest BCUT2D eigenvalue weighted by Crippen LogP contribution is 2.21. The van der Waals surface area contributed by atoms with Crippen LogP contribution in [0, 0.1) is 5.82 Å². The second-order valence-electron chi connectivity index (χ2n) is 8.82. The molecule has 0 radical (unpaired) electrons. The topological polar surface area (TPSA) is 94.2 Å². The van der Waals surface area contributed by atoms with Gasteiger partial charge in [-0.3, -0.25) is 19.3 Å². The number of hydrogen-bond acceptors (Lipinski definition) is 6. The fourth-order valence-electron chi connectivity index (χ4n) is 4.54. The van der Waals surface area contributed by atoms with Crippen molar-refractivity contribution in [3.63, 3.8) is 0 Å². The molecule has 2 aliphatic rings. The van der Waals surface area contributed by atoms with Gasteiger partial charge in [-0.25, -0.2) is 4.39 Å². The van der Waals surface area contributed by atoms with E-state index in [4.69, 9.17) is 4.74 Å². The van der Waals surface area contributed by atoms with Gasteiger partial charge in [-0.05, 0) is 43.3 Å². The number of halogens is 1. The van der Waals surface area contributed by atoms with Gasteiger partial charge in [-0.15, -0.1) is 0 Å². The first kappa shape index (κ1) is 25.4. The molecule has 2 aromatic rings. The van der Waals surface area contributed by atoms with Crippen molar-refractivity contribution in [1.82, 2.24) is 15.1 Å². The number of nitrogens with one attached hydrogen (secondary N) is 2. The number of ether oxygens (including phenoxy) is 1. The average Bonchev–Trinajstić information content (AvgIpc) is 2.87. The van der Waals surface area contributed by atoms with Crippen LogP contribution in [-0.4, -0.2) is 86.0 Å². The number of benzene rings is 2. The number of hydrogen-bond donors (Lipinski definition) is 2. The summed E-state index contributed by atoms with van der Waals surface area (Å²) in [4.78, 5) is 43.9. The summed E-state index contributed by atoms with van der Waals surface area (Å²) in [6, 6.07) is 12.8. The molecular formula is C26H32FN5O4. The van der Waals surface area contributed by atoms with Gasteiger partial charge in [0.25, 0.3) is 0 Å². The minimum atomic E-state index is -0.867. The summed E-state index contributed by atoms with van der Waals surface area (Å²) >= 11 is 0. The van der Waals surface area contributed by atoms with Crippen LogP contribution in [-0.2, 0) is 14.4 Å². The van der Waals surface area contributed by atoms with E-state index in [0.29, 0.717) is 63.0 Å². The van der Waals surface area contributed by atoms with Crippen LogP contribution in [0.4, 0.5) is 15.8 Å². The van der Waals surface area contributed by atoms with Gasteiger partial charge in [0, 0.05) is 45.0 Å². The van der Waals surface area contributed by atoms with Gasteiger partial charge >= 0.3 is 0 Å². The van der Waals surface area contributed by atoms with Crippen molar-refractivity contribution in [2.45, 2.75) is 19.4 Å². The molecule has 36 heavy (non-hydrogen) atoms. The second-order valence-corrected chi connectivity index (χ2v) is 8.82. The van der Waals surface area contributed by atoms with Crippen LogP contribution >= 0.6 is 0 Å². The number of carbonyl (C=O) groups is 3. The van der Waals surface area contributed by atoms with Gasteiger partial charge in [0.05, 0.1) is 25.3 Å². The highest BCUT2D eigenvalue weighted by Gasteiger charge is 2.35. The molecule has 2 heterocycles. The Morgan fingerprint density at radius 3 is 2.47 bits per heavy atom. The van der Waals surface area contributed by atoms with Crippen LogP contribution in [0.2, 0.25) is 0 Å². The van der Waals surface area contributed by atoms with Crippen molar-refractivity contribution in [1.29, 1.82) is 0 Å². The lowest BCUT2D eigenvalue weighted by atomic mass is 10.1. The summed E-state index contributed by atoms with van der Waals surface area (Å²) < 4.78 is 19.5. The smallest absolute Gasteiger partial charge is 0.243 e. The molecule has 10 heteroatoms.